The van der Waals surface area contributed by atoms with Gasteiger partial charge < -0.3 is 20.3 Å². The molecule has 2 N–H and O–H groups in total. The van der Waals surface area contributed by atoms with Crippen LogP contribution in [0.2, 0.25) is 0 Å². The van der Waals surface area contributed by atoms with Crippen LogP contribution in [0.1, 0.15) is 26.7 Å². The fraction of sp³-hybridized carbons (Fsp3) is 0.769. The number of ether oxygens (including phenoxy) is 1. The van der Waals surface area contributed by atoms with Crippen LogP contribution < -0.4 is 10.6 Å². The Bertz CT molecular complexity index is 380. The van der Waals surface area contributed by atoms with Gasteiger partial charge in [-0.05, 0) is 18.8 Å². The Labute approximate surface area is 119 Å². The number of rotatable bonds is 4. The molecule has 114 valence electrons. The molecule has 3 amide bonds. The Morgan fingerprint density at radius 3 is 2.45 bits per heavy atom. The smallest absolute Gasteiger partial charge is 0.407 e. The Balaban J connectivity index is 2.83. The Kier molecular flexibility index (Phi) is 5.79. The molecule has 2 atom stereocenters. The minimum Gasteiger partial charge on any atom is -0.453 e. The number of hydrogen-bond donors (Lipinski definition) is 2. The van der Waals surface area contributed by atoms with Gasteiger partial charge in [0.05, 0.1) is 7.11 Å². The molecule has 20 heavy (non-hydrogen) atoms. The van der Waals surface area contributed by atoms with Gasteiger partial charge in [-0.25, -0.2) is 4.79 Å². The fourth-order valence-electron chi connectivity index (χ4n) is 2.35. The van der Waals surface area contributed by atoms with E-state index in [0.717, 1.165) is 6.42 Å². The first-order valence-corrected chi connectivity index (χ1v) is 6.79. The number of nitrogens with zero attached hydrogens (tertiary/aromatic N) is 1. The maximum Gasteiger partial charge on any atom is 0.407 e. The normalized spacial score (nSPS) is 19.6. The third kappa shape index (κ3) is 3.61. The van der Waals surface area contributed by atoms with Crippen LogP contribution in [0.15, 0.2) is 0 Å². The lowest BCUT2D eigenvalue weighted by Gasteiger charge is -2.29. The van der Waals surface area contributed by atoms with Crippen LogP contribution in [0, 0.1) is 5.92 Å². The van der Waals surface area contributed by atoms with Gasteiger partial charge in [-0.1, -0.05) is 13.8 Å². The molecular formula is C13H23N3O4. The highest BCUT2D eigenvalue weighted by Gasteiger charge is 2.38. The molecule has 1 rings (SSSR count). The van der Waals surface area contributed by atoms with Crippen LogP contribution in [-0.2, 0) is 14.3 Å². The van der Waals surface area contributed by atoms with Crippen molar-refractivity contribution in [3.8, 4) is 0 Å². The second-order valence-corrected chi connectivity index (χ2v) is 5.16. The summed E-state index contributed by atoms with van der Waals surface area (Å²) in [7, 11) is 2.80. The van der Waals surface area contributed by atoms with Gasteiger partial charge in [0.25, 0.3) is 0 Å². The largest absolute Gasteiger partial charge is 0.453 e. The number of likely N-dealkylation sites (N-methyl/N-ethyl adjacent to an activating group) is 1. The monoisotopic (exact) mass is 285 g/mol. The molecule has 0 aromatic heterocycles. The van der Waals surface area contributed by atoms with E-state index in [-0.39, 0.29) is 17.7 Å². The maximum atomic E-state index is 12.5. The van der Waals surface area contributed by atoms with E-state index in [9.17, 15) is 14.4 Å². The zero-order valence-electron chi connectivity index (χ0n) is 12.4. The standard InChI is InChI=1S/C13H23N3O4/c1-8(2)10(15-13(19)20-4)12(18)16-7-5-6-9(16)11(17)14-3/h8-10H,5-7H2,1-4H3,(H,14,17)(H,15,19). The lowest BCUT2D eigenvalue weighted by atomic mass is 10.0. The zero-order chi connectivity index (χ0) is 15.3. The van der Waals surface area contributed by atoms with Crippen molar-refractivity contribution in [2.24, 2.45) is 5.92 Å². The van der Waals surface area contributed by atoms with Gasteiger partial charge in [-0.3, -0.25) is 9.59 Å². The minimum atomic E-state index is -0.687. The van der Waals surface area contributed by atoms with Crippen molar-refractivity contribution in [3.05, 3.63) is 0 Å². The molecule has 0 spiro atoms. The molecule has 0 aliphatic carbocycles. The van der Waals surface area contributed by atoms with E-state index in [1.807, 2.05) is 13.8 Å². The third-order valence-corrected chi connectivity index (χ3v) is 3.48. The van der Waals surface area contributed by atoms with Crippen molar-refractivity contribution in [2.75, 3.05) is 20.7 Å². The highest BCUT2D eigenvalue weighted by molar-refractivity contribution is 5.91. The molecule has 2 unspecified atom stereocenters. The van der Waals surface area contributed by atoms with Gasteiger partial charge in [0, 0.05) is 13.6 Å². The van der Waals surface area contributed by atoms with Crippen molar-refractivity contribution < 1.29 is 19.1 Å². The molecule has 1 heterocycles. The molecule has 0 radical (unpaired) electrons. The lowest BCUT2D eigenvalue weighted by molar-refractivity contribution is -0.140. The van der Waals surface area contributed by atoms with Gasteiger partial charge in [0.15, 0.2) is 0 Å². The molecule has 1 fully saturated rings. The van der Waals surface area contributed by atoms with Crippen LogP contribution in [0.5, 0.6) is 0 Å². The predicted octanol–water partition coefficient (Wildman–Crippen LogP) is 0.104. The van der Waals surface area contributed by atoms with E-state index < -0.39 is 18.2 Å². The van der Waals surface area contributed by atoms with Gasteiger partial charge in [0.2, 0.25) is 11.8 Å². The van der Waals surface area contributed by atoms with E-state index in [4.69, 9.17) is 0 Å². The van der Waals surface area contributed by atoms with Crippen LogP contribution in [0.4, 0.5) is 4.79 Å². The van der Waals surface area contributed by atoms with E-state index in [2.05, 4.69) is 15.4 Å². The Morgan fingerprint density at radius 2 is 1.95 bits per heavy atom. The number of methoxy groups -OCH3 is 1. The summed E-state index contributed by atoms with van der Waals surface area (Å²) in [6.07, 6.45) is 0.786. The summed E-state index contributed by atoms with van der Waals surface area (Å²) in [4.78, 5) is 37.2. The Hall–Kier alpha value is -1.79. The Morgan fingerprint density at radius 1 is 1.30 bits per heavy atom. The number of nitrogens with one attached hydrogen (secondary N) is 2. The number of carbonyl (C=O) groups is 3. The molecule has 0 saturated carbocycles. The number of carbonyl (C=O) groups excluding carboxylic acids is 3. The highest BCUT2D eigenvalue weighted by Crippen LogP contribution is 2.20. The summed E-state index contributed by atoms with van der Waals surface area (Å²) in [5.41, 5.74) is 0. The molecule has 0 aromatic carbocycles. The summed E-state index contributed by atoms with van der Waals surface area (Å²) in [6, 6.07) is -1.14. The molecule has 0 bridgehead atoms. The number of likely N-dealkylation sites (tertiary alicyclic amines) is 1. The van der Waals surface area contributed by atoms with Crippen molar-refractivity contribution in [1.82, 2.24) is 15.5 Å². The van der Waals surface area contributed by atoms with Crippen molar-refractivity contribution in [3.63, 3.8) is 0 Å². The van der Waals surface area contributed by atoms with Crippen LogP contribution in [0.25, 0.3) is 0 Å². The van der Waals surface area contributed by atoms with E-state index in [0.29, 0.717) is 13.0 Å². The quantitative estimate of drug-likeness (QED) is 0.767. The first kappa shape index (κ1) is 16.3. The average molecular weight is 285 g/mol. The van der Waals surface area contributed by atoms with Gasteiger partial charge in [-0.2, -0.15) is 0 Å². The summed E-state index contributed by atoms with van der Waals surface area (Å²) >= 11 is 0. The summed E-state index contributed by atoms with van der Waals surface area (Å²) < 4.78 is 4.54. The lowest BCUT2D eigenvalue weighted by Crippen LogP contribution is -2.54. The molecule has 1 aliphatic heterocycles. The van der Waals surface area contributed by atoms with Crippen LogP contribution in [-0.4, -0.2) is 55.6 Å². The van der Waals surface area contributed by atoms with E-state index in [1.165, 1.54) is 7.11 Å². The van der Waals surface area contributed by atoms with E-state index >= 15 is 0 Å². The zero-order valence-corrected chi connectivity index (χ0v) is 12.4. The average Bonchev–Trinajstić information content (AvgIpc) is 2.91. The first-order chi connectivity index (χ1) is 9.42. The SMILES string of the molecule is CNC(=O)C1CCCN1C(=O)C(NC(=O)OC)C(C)C. The molecule has 1 saturated heterocycles. The number of amides is 3. The van der Waals surface area contributed by atoms with Crippen molar-refractivity contribution in [2.45, 2.75) is 38.8 Å². The highest BCUT2D eigenvalue weighted by atomic mass is 16.5. The summed E-state index contributed by atoms with van der Waals surface area (Å²) in [6.45, 7) is 4.20. The molecule has 7 nitrogen and oxygen atoms in total. The minimum absolute atomic E-state index is 0.0902. The summed E-state index contributed by atoms with van der Waals surface area (Å²) in [5.74, 6) is -0.500. The van der Waals surface area contributed by atoms with Gasteiger partial charge in [-0.15, -0.1) is 0 Å². The molecule has 0 aromatic rings. The fourth-order valence-corrected chi connectivity index (χ4v) is 2.35. The van der Waals surface area contributed by atoms with Gasteiger partial charge in [0.1, 0.15) is 12.1 Å². The molecule has 7 heteroatoms. The second kappa shape index (κ2) is 7.12. The number of alkyl carbamates (subject to hydrolysis) is 1. The number of hydrogen-bond acceptors (Lipinski definition) is 4. The molecule has 1 aliphatic rings. The summed E-state index contributed by atoms with van der Waals surface area (Å²) in [5, 5.41) is 5.10. The first-order valence-electron chi connectivity index (χ1n) is 6.79. The van der Waals surface area contributed by atoms with Crippen LogP contribution in [0.3, 0.4) is 0 Å². The van der Waals surface area contributed by atoms with Crippen LogP contribution >= 0.6 is 0 Å². The predicted molar refractivity (Wildman–Crippen MR) is 73.0 cm³/mol. The third-order valence-electron chi connectivity index (χ3n) is 3.48. The topological polar surface area (TPSA) is 87.7 Å². The van der Waals surface area contributed by atoms with E-state index in [1.54, 1.807) is 11.9 Å². The second-order valence-electron chi connectivity index (χ2n) is 5.16. The van der Waals surface area contributed by atoms with Crippen molar-refractivity contribution >= 4 is 17.9 Å². The molecular weight excluding hydrogens is 262 g/mol. The maximum absolute atomic E-state index is 12.5. The van der Waals surface area contributed by atoms with Gasteiger partial charge >= 0.3 is 6.09 Å². The van der Waals surface area contributed by atoms with Crippen molar-refractivity contribution in [1.29, 1.82) is 0 Å².